The van der Waals surface area contributed by atoms with Crippen LogP contribution in [0.2, 0.25) is 0 Å². The first-order valence-corrected chi connectivity index (χ1v) is 4.35. The predicted molar refractivity (Wildman–Crippen MR) is 48.1 cm³/mol. The summed E-state index contributed by atoms with van der Waals surface area (Å²) in [4.78, 5) is 8.90. The van der Waals surface area contributed by atoms with Crippen LogP contribution in [0.5, 0.6) is 0 Å². The molecule has 3 nitrogen and oxygen atoms in total. The van der Waals surface area contributed by atoms with Crippen LogP contribution in [0, 0.1) is 18.3 Å². The number of hydrogen-bond acceptors (Lipinski definition) is 2. The van der Waals surface area contributed by atoms with Gasteiger partial charge in [0, 0.05) is 5.92 Å². The van der Waals surface area contributed by atoms with Crippen LogP contribution in [-0.2, 0) is 4.79 Å². The van der Waals surface area contributed by atoms with Crippen LogP contribution in [0.3, 0.4) is 0 Å². The lowest BCUT2D eigenvalue weighted by molar-refractivity contribution is -0.192. The lowest BCUT2D eigenvalue weighted by Crippen LogP contribution is -2.26. The largest absolute Gasteiger partial charge is 0.490 e. The van der Waals surface area contributed by atoms with E-state index in [1.165, 1.54) is 0 Å². The van der Waals surface area contributed by atoms with Crippen LogP contribution in [0.15, 0.2) is 0 Å². The molecule has 1 heterocycles. The van der Waals surface area contributed by atoms with Crippen LogP contribution in [0.25, 0.3) is 0 Å². The summed E-state index contributed by atoms with van der Waals surface area (Å²) < 4.78 is 31.7. The minimum absolute atomic E-state index is 0.552. The molecule has 0 atom stereocenters. The normalized spacial score (nSPS) is 17.2. The van der Waals surface area contributed by atoms with Gasteiger partial charge >= 0.3 is 12.1 Å². The molecule has 6 heteroatoms. The second-order valence-corrected chi connectivity index (χ2v) is 2.99. The molecule has 1 aliphatic heterocycles. The second-order valence-electron chi connectivity index (χ2n) is 2.99. The van der Waals surface area contributed by atoms with Crippen molar-refractivity contribution in [3.8, 4) is 12.3 Å². The molecule has 0 aromatic carbocycles. The van der Waals surface area contributed by atoms with Crippen molar-refractivity contribution in [2.75, 3.05) is 13.1 Å². The first-order chi connectivity index (χ1) is 6.88. The summed E-state index contributed by atoms with van der Waals surface area (Å²) in [6.07, 6.45) is 2.47. The zero-order valence-electron chi connectivity index (χ0n) is 7.97. The molecule has 15 heavy (non-hydrogen) atoms. The molecule has 0 bridgehead atoms. The highest BCUT2D eigenvalue weighted by Gasteiger charge is 2.38. The van der Waals surface area contributed by atoms with Gasteiger partial charge in [-0.15, -0.1) is 12.3 Å². The number of nitrogens with one attached hydrogen (secondary N) is 1. The third-order valence-corrected chi connectivity index (χ3v) is 1.82. The summed E-state index contributed by atoms with van der Waals surface area (Å²) in [5.74, 6) is 0.559. The van der Waals surface area contributed by atoms with Crippen molar-refractivity contribution in [3.05, 3.63) is 0 Å². The van der Waals surface area contributed by atoms with Gasteiger partial charge in [-0.3, -0.25) is 0 Å². The van der Waals surface area contributed by atoms with Gasteiger partial charge in [0.25, 0.3) is 0 Å². The number of hydrogen-bond donors (Lipinski definition) is 2. The average Bonchev–Trinajstić information content (AvgIpc) is 2.18. The van der Waals surface area contributed by atoms with E-state index in [1.54, 1.807) is 0 Å². The molecule has 1 rings (SSSR count). The summed E-state index contributed by atoms with van der Waals surface area (Å²) in [6, 6.07) is 0. The molecule has 2 N–H and O–H groups in total. The number of carboxylic acid groups (broad SMARTS) is 1. The Labute approximate surface area is 85.7 Å². The van der Waals surface area contributed by atoms with E-state index in [0.717, 1.165) is 25.9 Å². The SMILES string of the molecule is C#CC1CCNCC1.O=C(O)C(F)(F)F. The van der Waals surface area contributed by atoms with Crippen molar-refractivity contribution in [3.63, 3.8) is 0 Å². The number of aliphatic carboxylic acids is 1. The zero-order chi connectivity index (χ0) is 11.9. The fourth-order valence-electron chi connectivity index (χ4n) is 0.989. The van der Waals surface area contributed by atoms with Crippen LogP contribution < -0.4 is 5.32 Å². The van der Waals surface area contributed by atoms with Gasteiger partial charge < -0.3 is 10.4 Å². The molecule has 1 saturated heterocycles. The Bertz CT molecular complexity index is 239. The number of halogens is 3. The third-order valence-electron chi connectivity index (χ3n) is 1.82. The van der Waals surface area contributed by atoms with Gasteiger partial charge in [0.2, 0.25) is 0 Å². The first-order valence-electron chi connectivity index (χ1n) is 4.35. The number of piperidine rings is 1. The maximum Gasteiger partial charge on any atom is 0.490 e. The second kappa shape index (κ2) is 6.30. The van der Waals surface area contributed by atoms with Crippen LogP contribution in [0.4, 0.5) is 13.2 Å². The molecule has 0 saturated carbocycles. The van der Waals surface area contributed by atoms with Gasteiger partial charge in [0.05, 0.1) is 0 Å². The maximum atomic E-state index is 10.6. The van der Waals surface area contributed by atoms with Crippen molar-refractivity contribution >= 4 is 5.97 Å². The molecule has 0 aromatic heterocycles. The molecule has 0 aliphatic carbocycles. The van der Waals surface area contributed by atoms with Crippen molar-refractivity contribution in [2.24, 2.45) is 5.92 Å². The van der Waals surface area contributed by atoms with Gasteiger partial charge in [-0.2, -0.15) is 13.2 Å². The number of carboxylic acids is 1. The number of terminal acetylenes is 1. The number of rotatable bonds is 0. The van der Waals surface area contributed by atoms with Crippen molar-refractivity contribution in [2.45, 2.75) is 19.0 Å². The minimum Gasteiger partial charge on any atom is -0.475 e. The predicted octanol–water partition coefficient (Wildman–Crippen LogP) is 1.25. The lowest BCUT2D eigenvalue weighted by Gasteiger charge is -2.16. The summed E-state index contributed by atoms with van der Waals surface area (Å²) >= 11 is 0. The van der Waals surface area contributed by atoms with E-state index in [1.807, 2.05) is 0 Å². The highest BCUT2D eigenvalue weighted by atomic mass is 19.4. The molecule has 0 aromatic rings. The fourth-order valence-corrected chi connectivity index (χ4v) is 0.989. The van der Waals surface area contributed by atoms with E-state index in [-0.39, 0.29) is 0 Å². The lowest BCUT2D eigenvalue weighted by atomic mass is 10.00. The highest BCUT2D eigenvalue weighted by Crippen LogP contribution is 2.13. The average molecular weight is 223 g/mol. The molecular weight excluding hydrogens is 211 g/mol. The standard InChI is InChI=1S/C7H11N.C2HF3O2/c1-2-7-3-5-8-6-4-7;3-2(4,5)1(6)7/h1,7-8H,3-6H2;(H,6,7). The van der Waals surface area contributed by atoms with Crippen LogP contribution in [-0.4, -0.2) is 30.3 Å². The van der Waals surface area contributed by atoms with Crippen LogP contribution >= 0.6 is 0 Å². The topological polar surface area (TPSA) is 49.3 Å². The van der Waals surface area contributed by atoms with E-state index in [4.69, 9.17) is 16.3 Å². The quantitative estimate of drug-likeness (QED) is 0.608. The molecule has 1 aliphatic rings. The van der Waals surface area contributed by atoms with Gasteiger partial charge in [0.15, 0.2) is 0 Å². The maximum absolute atomic E-state index is 10.6. The van der Waals surface area contributed by atoms with E-state index < -0.39 is 12.1 Å². The smallest absolute Gasteiger partial charge is 0.475 e. The monoisotopic (exact) mass is 223 g/mol. The van der Waals surface area contributed by atoms with Crippen molar-refractivity contribution < 1.29 is 23.1 Å². The molecule has 0 amide bonds. The first kappa shape index (κ1) is 13.8. The molecule has 0 spiro atoms. The number of alkyl halides is 3. The van der Waals surface area contributed by atoms with Gasteiger partial charge in [-0.05, 0) is 25.9 Å². The molecule has 1 fully saturated rings. The Morgan fingerprint density at radius 2 is 1.80 bits per heavy atom. The fraction of sp³-hybridized carbons (Fsp3) is 0.667. The van der Waals surface area contributed by atoms with Crippen molar-refractivity contribution in [1.82, 2.24) is 5.32 Å². The Morgan fingerprint density at radius 1 is 1.40 bits per heavy atom. The van der Waals surface area contributed by atoms with Gasteiger partial charge in [-0.25, -0.2) is 4.79 Å². The Kier molecular flexibility index (Phi) is 5.79. The number of carbonyl (C=O) groups is 1. The van der Waals surface area contributed by atoms with Gasteiger partial charge in [-0.1, -0.05) is 0 Å². The van der Waals surface area contributed by atoms with E-state index in [0.29, 0.717) is 5.92 Å². The molecular formula is C9H12F3NO2. The summed E-state index contributed by atoms with van der Waals surface area (Å²) in [5.41, 5.74) is 0. The molecule has 86 valence electrons. The summed E-state index contributed by atoms with van der Waals surface area (Å²) in [7, 11) is 0. The third kappa shape index (κ3) is 6.80. The van der Waals surface area contributed by atoms with E-state index >= 15 is 0 Å². The summed E-state index contributed by atoms with van der Waals surface area (Å²) in [5, 5.41) is 10.4. The van der Waals surface area contributed by atoms with Crippen LogP contribution in [0.1, 0.15) is 12.8 Å². The van der Waals surface area contributed by atoms with E-state index in [9.17, 15) is 13.2 Å². The summed E-state index contributed by atoms with van der Waals surface area (Å²) in [6.45, 7) is 2.21. The Morgan fingerprint density at radius 3 is 2.00 bits per heavy atom. The van der Waals surface area contributed by atoms with E-state index in [2.05, 4.69) is 11.2 Å². The highest BCUT2D eigenvalue weighted by molar-refractivity contribution is 5.73. The minimum atomic E-state index is -5.08. The van der Waals surface area contributed by atoms with Gasteiger partial charge in [0.1, 0.15) is 0 Å². The molecule has 0 radical (unpaired) electrons. The Hall–Kier alpha value is -1.22. The Balaban J connectivity index is 0.000000265. The van der Waals surface area contributed by atoms with Crippen molar-refractivity contribution in [1.29, 1.82) is 0 Å². The molecule has 0 unspecified atom stereocenters. The zero-order valence-corrected chi connectivity index (χ0v) is 7.97.